The molecular formula is C33H43N3O5S. The van der Waals surface area contributed by atoms with E-state index in [0.29, 0.717) is 30.9 Å². The van der Waals surface area contributed by atoms with Gasteiger partial charge in [0, 0.05) is 12.1 Å². The number of nitrogens with zero attached hydrogens (tertiary/aromatic N) is 2. The molecule has 8 nitrogen and oxygen atoms in total. The molecular weight excluding hydrogens is 550 g/mol. The summed E-state index contributed by atoms with van der Waals surface area (Å²) in [6.45, 7) is 11.5. The molecule has 3 rings (SSSR count). The summed E-state index contributed by atoms with van der Waals surface area (Å²) in [7, 11) is -4.15. The quantitative estimate of drug-likeness (QED) is 0.288. The van der Waals surface area contributed by atoms with E-state index in [2.05, 4.69) is 5.32 Å². The third kappa shape index (κ3) is 8.82. The second-order valence-corrected chi connectivity index (χ2v) is 13.1. The molecule has 0 aromatic heterocycles. The number of benzene rings is 3. The Hall–Kier alpha value is -3.85. The summed E-state index contributed by atoms with van der Waals surface area (Å²) < 4.78 is 34.6. The van der Waals surface area contributed by atoms with Gasteiger partial charge in [0.05, 0.1) is 17.2 Å². The molecule has 0 bridgehead atoms. The van der Waals surface area contributed by atoms with Crippen LogP contribution >= 0.6 is 0 Å². The molecule has 3 aromatic carbocycles. The Labute approximate surface area is 250 Å². The van der Waals surface area contributed by atoms with Crippen molar-refractivity contribution in [2.45, 2.75) is 70.9 Å². The number of aryl methyl sites for hydroxylation is 1. The van der Waals surface area contributed by atoms with E-state index in [0.717, 1.165) is 15.4 Å². The first kappa shape index (κ1) is 32.7. The van der Waals surface area contributed by atoms with Crippen molar-refractivity contribution in [3.8, 4) is 5.75 Å². The summed E-state index contributed by atoms with van der Waals surface area (Å²) in [5, 5.41) is 2.99. The minimum atomic E-state index is -4.15. The molecule has 1 N–H and O–H groups in total. The Bertz CT molecular complexity index is 1420. The highest BCUT2D eigenvalue weighted by molar-refractivity contribution is 7.92. The van der Waals surface area contributed by atoms with Crippen molar-refractivity contribution < 1.29 is 22.7 Å². The minimum Gasteiger partial charge on any atom is -0.494 e. The molecule has 0 radical (unpaired) electrons. The topological polar surface area (TPSA) is 96.0 Å². The fourth-order valence-corrected chi connectivity index (χ4v) is 6.00. The molecule has 1 atom stereocenters. The number of amides is 2. The SMILES string of the molecule is CCOc1ccc(S(=O)(=O)N(CC(=O)N(CCc2ccccc2)[C@@H](CC)C(=O)NC(C)(C)C)c2ccc(C)cc2)cc1. The lowest BCUT2D eigenvalue weighted by molar-refractivity contribution is -0.140. The van der Waals surface area contributed by atoms with Gasteiger partial charge in [0.2, 0.25) is 11.8 Å². The van der Waals surface area contributed by atoms with Crippen LogP contribution in [0.1, 0.15) is 52.2 Å². The molecule has 0 unspecified atom stereocenters. The van der Waals surface area contributed by atoms with Crippen LogP contribution in [-0.4, -0.2) is 56.4 Å². The lowest BCUT2D eigenvalue weighted by atomic mass is 10.1. The Morgan fingerprint density at radius 3 is 2.07 bits per heavy atom. The molecule has 3 aromatic rings. The van der Waals surface area contributed by atoms with Crippen LogP contribution in [0, 0.1) is 6.92 Å². The van der Waals surface area contributed by atoms with Crippen LogP contribution in [0.2, 0.25) is 0 Å². The van der Waals surface area contributed by atoms with E-state index in [1.165, 1.54) is 17.0 Å². The van der Waals surface area contributed by atoms with Gasteiger partial charge in [-0.2, -0.15) is 0 Å². The van der Waals surface area contributed by atoms with Gasteiger partial charge in [-0.15, -0.1) is 0 Å². The normalized spacial score (nSPS) is 12.3. The number of hydrogen-bond donors (Lipinski definition) is 1. The van der Waals surface area contributed by atoms with Crippen LogP contribution in [0.15, 0.2) is 83.8 Å². The summed E-state index contributed by atoms with van der Waals surface area (Å²) in [5.74, 6) is -0.184. The van der Waals surface area contributed by atoms with Crippen molar-refractivity contribution in [3.63, 3.8) is 0 Å². The van der Waals surface area contributed by atoms with Gasteiger partial charge >= 0.3 is 0 Å². The Morgan fingerprint density at radius 1 is 0.905 bits per heavy atom. The first-order chi connectivity index (χ1) is 19.9. The number of anilines is 1. The highest BCUT2D eigenvalue weighted by Crippen LogP contribution is 2.26. The van der Waals surface area contributed by atoms with Gasteiger partial charge in [-0.25, -0.2) is 8.42 Å². The number of carbonyl (C=O) groups is 2. The highest BCUT2D eigenvalue weighted by atomic mass is 32.2. The maximum Gasteiger partial charge on any atom is 0.264 e. The van der Waals surface area contributed by atoms with Crippen molar-refractivity contribution in [2.24, 2.45) is 0 Å². The smallest absolute Gasteiger partial charge is 0.264 e. The molecule has 0 aliphatic heterocycles. The molecule has 0 aliphatic rings. The number of sulfonamides is 1. The molecule has 0 spiro atoms. The lowest BCUT2D eigenvalue weighted by Crippen LogP contribution is -2.56. The van der Waals surface area contributed by atoms with E-state index in [9.17, 15) is 18.0 Å². The maximum absolute atomic E-state index is 14.1. The summed E-state index contributed by atoms with van der Waals surface area (Å²) in [6.07, 6.45) is 0.890. The number of rotatable bonds is 13. The number of nitrogens with one attached hydrogen (secondary N) is 1. The van der Waals surface area contributed by atoms with E-state index < -0.39 is 34.1 Å². The van der Waals surface area contributed by atoms with Gasteiger partial charge in [-0.05, 0) is 89.4 Å². The van der Waals surface area contributed by atoms with Gasteiger partial charge < -0.3 is 15.0 Å². The molecule has 9 heteroatoms. The molecule has 226 valence electrons. The largest absolute Gasteiger partial charge is 0.494 e. The molecule has 0 saturated heterocycles. The summed E-state index contributed by atoms with van der Waals surface area (Å²) in [4.78, 5) is 29.1. The minimum absolute atomic E-state index is 0.0349. The van der Waals surface area contributed by atoms with Gasteiger partial charge in [0.25, 0.3) is 10.0 Å². The van der Waals surface area contributed by atoms with Gasteiger partial charge in [-0.3, -0.25) is 13.9 Å². The van der Waals surface area contributed by atoms with Gasteiger partial charge in [0.15, 0.2) is 0 Å². The monoisotopic (exact) mass is 593 g/mol. The van der Waals surface area contributed by atoms with Crippen LogP contribution in [0.3, 0.4) is 0 Å². The fraction of sp³-hybridized carbons (Fsp3) is 0.394. The van der Waals surface area contributed by atoms with Crippen molar-refractivity contribution >= 4 is 27.5 Å². The van der Waals surface area contributed by atoms with Crippen LogP contribution in [0.5, 0.6) is 5.75 Å². The van der Waals surface area contributed by atoms with Crippen molar-refractivity contribution in [2.75, 3.05) is 24.0 Å². The zero-order chi connectivity index (χ0) is 30.9. The van der Waals surface area contributed by atoms with Crippen molar-refractivity contribution in [1.82, 2.24) is 10.2 Å². The van der Waals surface area contributed by atoms with Gasteiger partial charge in [0.1, 0.15) is 18.3 Å². The standard InChI is InChI=1S/C33H43N3O5S/c1-7-30(32(38)34-33(4,5)6)35(23-22-26-12-10-9-11-13-26)31(37)24-36(27-16-14-25(3)15-17-27)42(39,40)29-20-18-28(19-21-29)41-8-2/h9-21,30H,7-8,22-24H2,1-6H3,(H,34,38)/t30-/m0/s1. The second-order valence-electron chi connectivity index (χ2n) is 11.2. The summed E-state index contributed by atoms with van der Waals surface area (Å²) in [6, 6.07) is 22.1. The zero-order valence-electron chi connectivity index (χ0n) is 25.5. The van der Waals surface area contributed by atoms with Crippen LogP contribution < -0.4 is 14.4 Å². The summed E-state index contributed by atoms with van der Waals surface area (Å²) in [5.41, 5.74) is 1.83. The average Bonchev–Trinajstić information content (AvgIpc) is 2.94. The van der Waals surface area contributed by atoms with E-state index in [1.807, 2.05) is 71.9 Å². The van der Waals surface area contributed by atoms with Crippen LogP contribution in [0.4, 0.5) is 5.69 Å². The molecule has 0 aliphatic carbocycles. The summed E-state index contributed by atoms with van der Waals surface area (Å²) >= 11 is 0. The average molecular weight is 594 g/mol. The molecule has 0 saturated carbocycles. The molecule has 0 heterocycles. The Kier molecular flexibility index (Phi) is 11.2. The predicted molar refractivity (Wildman–Crippen MR) is 167 cm³/mol. The first-order valence-electron chi connectivity index (χ1n) is 14.3. The van der Waals surface area contributed by atoms with E-state index in [1.54, 1.807) is 36.4 Å². The number of ether oxygens (including phenoxy) is 1. The van der Waals surface area contributed by atoms with E-state index in [4.69, 9.17) is 4.74 Å². The van der Waals surface area contributed by atoms with Crippen LogP contribution in [-0.2, 0) is 26.0 Å². The fourth-order valence-electron chi connectivity index (χ4n) is 4.59. The van der Waals surface area contributed by atoms with E-state index in [-0.39, 0.29) is 17.3 Å². The number of carbonyl (C=O) groups excluding carboxylic acids is 2. The van der Waals surface area contributed by atoms with E-state index >= 15 is 0 Å². The molecule has 42 heavy (non-hydrogen) atoms. The maximum atomic E-state index is 14.1. The third-order valence-electron chi connectivity index (χ3n) is 6.69. The third-order valence-corrected chi connectivity index (χ3v) is 8.48. The zero-order valence-corrected chi connectivity index (χ0v) is 26.3. The lowest BCUT2D eigenvalue weighted by Gasteiger charge is -2.34. The Morgan fingerprint density at radius 2 is 1.52 bits per heavy atom. The Balaban J connectivity index is 2.01. The molecule has 2 amide bonds. The number of hydrogen-bond acceptors (Lipinski definition) is 5. The second kappa shape index (κ2) is 14.4. The van der Waals surface area contributed by atoms with Crippen molar-refractivity contribution in [1.29, 1.82) is 0 Å². The van der Waals surface area contributed by atoms with Crippen LogP contribution in [0.25, 0.3) is 0 Å². The van der Waals surface area contributed by atoms with Gasteiger partial charge in [-0.1, -0.05) is 55.0 Å². The highest BCUT2D eigenvalue weighted by Gasteiger charge is 2.34. The first-order valence-corrected chi connectivity index (χ1v) is 15.8. The predicted octanol–water partition coefficient (Wildman–Crippen LogP) is 5.35. The molecule has 0 fully saturated rings. The van der Waals surface area contributed by atoms with Crippen molar-refractivity contribution in [3.05, 3.63) is 90.0 Å².